The van der Waals surface area contributed by atoms with Gasteiger partial charge in [-0.05, 0) is 32.4 Å². The molecule has 1 amide bonds. The lowest BCUT2D eigenvalue weighted by Crippen LogP contribution is -2.58. The molecule has 0 bridgehead atoms. The summed E-state index contributed by atoms with van der Waals surface area (Å²) in [5.74, 6) is -0.621. The number of hydrogen-bond donors (Lipinski definition) is 1. The minimum atomic E-state index is -0.404. The first-order chi connectivity index (χ1) is 8.41. The van der Waals surface area contributed by atoms with Crippen LogP contribution in [0.4, 0.5) is 4.39 Å². The number of rotatable bonds is 1. The number of piperazine rings is 1. The van der Waals surface area contributed by atoms with E-state index in [0.717, 1.165) is 6.54 Å². The molecule has 1 N–H and O–H groups in total. The van der Waals surface area contributed by atoms with Crippen LogP contribution in [0.2, 0.25) is 0 Å². The van der Waals surface area contributed by atoms with Crippen molar-refractivity contribution < 1.29 is 9.18 Å². The van der Waals surface area contributed by atoms with E-state index in [1.807, 2.05) is 13.8 Å². The second-order valence-electron chi connectivity index (χ2n) is 5.47. The number of amides is 1. The fraction of sp³-hybridized carbons (Fsp3) is 0.500. The molecule has 3 nitrogen and oxygen atoms in total. The summed E-state index contributed by atoms with van der Waals surface area (Å²) < 4.78 is 13.9. The Morgan fingerprint density at radius 3 is 2.83 bits per heavy atom. The number of nitrogens with zero attached hydrogens (tertiary/aromatic N) is 1. The summed E-state index contributed by atoms with van der Waals surface area (Å²) >= 11 is 0. The van der Waals surface area contributed by atoms with Crippen LogP contribution in [0.1, 0.15) is 29.8 Å². The first-order valence-corrected chi connectivity index (χ1v) is 6.20. The normalized spacial score (nSPS) is 18.8. The van der Waals surface area contributed by atoms with Crippen molar-refractivity contribution in [1.29, 1.82) is 0 Å². The molecule has 1 aliphatic rings. The second-order valence-corrected chi connectivity index (χ2v) is 5.47. The molecule has 1 saturated heterocycles. The van der Waals surface area contributed by atoms with Gasteiger partial charge >= 0.3 is 0 Å². The fourth-order valence-electron chi connectivity index (χ4n) is 2.30. The van der Waals surface area contributed by atoms with Crippen LogP contribution in [-0.4, -0.2) is 36.0 Å². The molecule has 4 heteroatoms. The van der Waals surface area contributed by atoms with Gasteiger partial charge in [-0.15, -0.1) is 0 Å². The van der Waals surface area contributed by atoms with Gasteiger partial charge in [-0.2, -0.15) is 0 Å². The maximum absolute atomic E-state index is 13.9. The van der Waals surface area contributed by atoms with Gasteiger partial charge in [0.15, 0.2) is 0 Å². The predicted molar refractivity (Wildman–Crippen MR) is 69.1 cm³/mol. The molecule has 0 saturated carbocycles. The summed E-state index contributed by atoms with van der Waals surface area (Å²) in [4.78, 5) is 14.0. The molecule has 1 aliphatic heterocycles. The van der Waals surface area contributed by atoms with Gasteiger partial charge in [-0.25, -0.2) is 4.39 Å². The monoisotopic (exact) mass is 250 g/mol. The first-order valence-electron chi connectivity index (χ1n) is 6.20. The number of carbonyl (C=O) groups is 1. The summed E-state index contributed by atoms with van der Waals surface area (Å²) in [7, 11) is 0. The smallest absolute Gasteiger partial charge is 0.256 e. The fourth-order valence-corrected chi connectivity index (χ4v) is 2.30. The van der Waals surface area contributed by atoms with Gasteiger partial charge in [0.1, 0.15) is 5.82 Å². The van der Waals surface area contributed by atoms with Crippen LogP contribution in [-0.2, 0) is 0 Å². The van der Waals surface area contributed by atoms with Crippen LogP contribution >= 0.6 is 0 Å². The Hall–Kier alpha value is -1.42. The quantitative estimate of drug-likeness (QED) is 0.826. The lowest BCUT2D eigenvalue weighted by atomic mass is 10.0. The molecule has 0 spiro atoms. The van der Waals surface area contributed by atoms with E-state index in [9.17, 15) is 9.18 Å². The number of carbonyl (C=O) groups excluding carboxylic acids is 1. The van der Waals surface area contributed by atoms with Crippen LogP contribution in [0.25, 0.3) is 0 Å². The van der Waals surface area contributed by atoms with E-state index in [2.05, 4.69) is 5.32 Å². The molecular weight excluding hydrogens is 231 g/mol. The maximum atomic E-state index is 13.9. The molecule has 1 heterocycles. The summed E-state index contributed by atoms with van der Waals surface area (Å²) in [6.45, 7) is 7.72. The Bertz CT molecular complexity index is 471. The SMILES string of the molecule is Cc1cccc(C(=O)N2CCNC(C)(C)C2)c1F. The van der Waals surface area contributed by atoms with E-state index in [0.29, 0.717) is 18.7 Å². The molecule has 0 aromatic heterocycles. The molecule has 1 aromatic rings. The van der Waals surface area contributed by atoms with Crippen LogP contribution < -0.4 is 5.32 Å². The molecule has 0 atom stereocenters. The van der Waals surface area contributed by atoms with E-state index in [1.54, 1.807) is 30.0 Å². The lowest BCUT2D eigenvalue weighted by Gasteiger charge is -2.39. The van der Waals surface area contributed by atoms with Gasteiger partial charge in [0.05, 0.1) is 5.56 Å². The molecule has 98 valence electrons. The molecular formula is C14H19FN2O. The highest BCUT2D eigenvalue weighted by molar-refractivity contribution is 5.94. The summed E-state index contributed by atoms with van der Waals surface area (Å²) in [5.41, 5.74) is 0.566. The van der Waals surface area contributed by atoms with Crippen molar-refractivity contribution in [3.63, 3.8) is 0 Å². The van der Waals surface area contributed by atoms with E-state index >= 15 is 0 Å². The third-order valence-electron chi connectivity index (χ3n) is 3.28. The topological polar surface area (TPSA) is 32.3 Å². The van der Waals surface area contributed by atoms with E-state index in [-0.39, 0.29) is 17.0 Å². The molecule has 2 rings (SSSR count). The highest BCUT2D eigenvalue weighted by Crippen LogP contribution is 2.17. The molecule has 1 fully saturated rings. The van der Waals surface area contributed by atoms with Gasteiger partial charge in [-0.3, -0.25) is 4.79 Å². The number of nitrogens with one attached hydrogen (secondary N) is 1. The minimum Gasteiger partial charge on any atom is -0.335 e. The Morgan fingerprint density at radius 1 is 1.44 bits per heavy atom. The van der Waals surface area contributed by atoms with E-state index in [4.69, 9.17) is 0 Å². The summed E-state index contributed by atoms with van der Waals surface area (Å²) in [6, 6.07) is 4.95. The Morgan fingerprint density at radius 2 is 2.17 bits per heavy atom. The number of halogens is 1. The highest BCUT2D eigenvalue weighted by Gasteiger charge is 2.30. The van der Waals surface area contributed by atoms with Crippen molar-refractivity contribution >= 4 is 5.91 Å². The van der Waals surface area contributed by atoms with Gasteiger partial charge in [0.2, 0.25) is 0 Å². The van der Waals surface area contributed by atoms with E-state index < -0.39 is 5.82 Å². The predicted octanol–water partition coefficient (Wildman–Crippen LogP) is 1.96. The Balaban J connectivity index is 2.23. The molecule has 1 aromatic carbocycles. The second kappa shape index (κ2) is 4.69. The zero-order valence-electron chi connectivity index (χ0n) is 11.1. The van der Waals surface area contributed by atoms with E-state index in [1.165, 1.54) is 0 Å². The number of hydrogen-bond acceptors (Lipinski definition) is 2. The van der Waals surface area contributed by atoms with Gasteiger partial charge < -0.3 is 10.2 Å². The zero-order valence-corrected chi connectivity index (χ0v) is 11.1. The summed E-state index contributed by atoms with van der Waals surface area (Å²) in [5, 5.41) is 3.33. The lowest BCUT2D eigenvalue weighted by molar-refractivity contribution is 0.0647. The third-order valence-corrected chi connectivity index (χ3v) is 3.28. The van der Waals surface area contributed by atoms with Crippen molar-refractivity contribution in [3.8, 4) is 0 Å². The highest BCUT2D eigenvalue weighted by atomic mass is 19.1. The Kier molecular flexibility index (Phi) is 3.39. The van der Waals surface area contributed by atoms with Crippen LogP contribution in [0.5, 0.6) is 0 Å². The van der Waals surface area contributed by atoms with Gasteiger partial charge in [0, 0.05) is 25.2 Å². The van der Waals surface area contributed by atoms with Crippen LogP contribution in [0.3, 0.4) is 0 Å². The molecule has 18 heavy (non-hydrogen) atoms. The van der Waals surface area contributed by atoms with Crippen LogP contribution in [0.15, 0.2) is 18.2 Å². The average molecular weight is 250 g/mol. The zero-order chi connectivity index (χ0) is 13.3. The largest absolute Gasteiger partial charge is 0.335 e. The maximum Gasteiger partial charge on any atom is 0.256 e. The van der Waals surface area contributed by atoms with Crippen LogP contribution in [0, 0.1) is 12.7 Å². The standard InChI is InChI=1S/C14H19FN2O/c1-10-5-4-6-11(12(10)15)13(18)17-8-7-16-14(2,3)9-17/h4-6,16H,7-9H2,1-3H3. The molecule has 0 aliphatic carbocycles. The average Bonchev–Trinajstić information content (AvgIpc) is 2.30. The van der Waals surface area contributed by atoms with Crippen molar-refractivity contribution in [1.82, 2.24) is 10.2 Å². The van der Waals surface area contributed by atoms with Gasteiger partial charge in [0.25, 0.3) is 5.91 Å². The van der Waals surface area contributed by atoms with Gasteiger partial charge in [-0.1, -0.05) is 12.1 Å². The molecule has 0 radical (unpaired) electrons. The minimum absolute atomic E-state index is 0.117. The first kappa shape index (κ1) is 13.0. The molecule has 0 unspecified atom stereocenters. The number of benzene rings is 1. The third kappa shape index (κ3) is 2.53. The summed E-state index contributed by atoms with van der Waals surface area (Å²) in [6.07, 6.45) is 0. The Labute approximate surface area is 107 Å². The van der Waals surface area contributed by atoms with Crippen molar-refractivity contribution in [2.75, 3.05) is 19.6 Å². The van der Waals surface area contributed by atoms with Crippen molar-refractivity contribution in [2.24, 2.45) is 0 Å². The van der Waals surface area contributed by atoms with Crippen molar-refractivity contribution in [2.45, 2.75) is 26.3 Å². The van der Waals surface area contributed by atoms with Crippen molar-refractivity contribution in [3.05, 3.63) is 35.1 Å². The number of aryl methyl sites for hydroxylation is 1.